The van der Waals surface area contributed by atoms with E-state index in [9.17, 15) is 14.7 Å². The molecule has 2 aromatic rings. The van der Waals surface area contributed by atoms with Crippen LogP contribution >= 0.6 is 0 Å². The minimum atomic E-state index is -0.662. The first-order chi connectivity index (χ1) is 14.8. The summed E-state index contributed by atoms with van der Waals surface area (Å²) in [6.07, 6.45) is 7.15. The van der Waals surface area contributed by atoms with Crippen LogP contribution < -0.4 is 10.6 Å². The molecule has 2 atom stereocenters. The Morgan fingerprint density at radius 1 is 1.39 bits per heavy atom. The van der Waals surface area contributed by atoms with E-state index in [0.717, 1.165) is 24.6 Å². The van der Waals surface area contributed by atoms with Crippen molar-refractivity contribution in [3.8, 4) is 0 Å². The monoisotopic (exact) mass is 428 g/mol. The fourth-order valence-corrected chi connectivity index (χ4v) is 3.89. The number of nitrogens with zero attached hydrogens (tertiary/aromatic N) is 3. The average Bonchev–Trinajstić information content (AvgIpc) is 3.33. The molecule has 0 spiro atoms. The topological polar surface area (TPSA) is 123 Å². The Bertz CT molecular complexity index is 985. The number of fused-ring (bicyclic) bond motifs is 1. The summed E-state index contributed by atoms with van der Waals surface area (Å²) >= 11 is 0. The normalized spacial score (nSPS) is 16.9. The number of H-pyrrole nitrogens is 1. The summed E-state index contributed by atoms with van der Waals surface area (Å²) in [4.78, 5) is 37.4. The van der Waals surface area contributed by atoms with E-state index < -0.39 is 5.60 Å². The van der Waals surface area contributed by atoms with E-state index >= 15 is 0 Å². The van der Waals surface area contributed by atoms with Crippen LogP contribution in [0.3, 0.4) is 0 Å². The first kappa shape index (κ1) is 22.7. The van der Waals surface area contributed by atoms with E-state index in [1.165, 1.54) is 6.20 Å². The number of aromatic nitrogens is 2. The lowest BCUT2D eigenvalue weighted by Crippen LogP contribution is -2.40. The van der Waals surface area contributed by atoms with Crippen molar-refractivity contribution < 1.29 is 14.7 Å². The average molecular weight is 429 g/mol. The molecule has 3 heterocycles. The van der Waals surface area contributed by atoms with E-state index in [1.54, 1.807) is 18.1 Å². The molecule has 0 aromatic carbocycles. The number of aliphatic imine (C=N–C) groups is 1. The first-order valence-electron chi connectivity index (χ1n) is 10.8. The summed E-state index contributed by atoms with van der Waals surface area (Å²) in [7, 11) is 1.70. The van der Waals surface area contributed by atoms with Gasteiger partial charge in [0.2, 0.25) is 5.96 Å². The summed E-state index contributed by atoms with van der Waals surface area (Å²) < 4.78 is 0. The lowest BCUT2D eigenvalue weighted by Gasteiger charge is -2.28. The van der Waals surface area contributed by atoms with Crippen molar-refractivity contribution in [3.05, 3.63) is 24.0 Å². The number of anilines is 1. The van der Waals surface area contributed by atoms with Gasteiger partial charge in [-0.05, 0) is 38.7 Å². The van der Waals surface area contributed by atoms with Gasteiger partial charge in [0.05, 0.1) is 16.9 Å². The zero-order valence-electron chi connectivity index (χ0n) is 18.7. The largest absolute Gasteiger partial charge is 0.390 e. The Hall–Kier alpha value is -2.94. The van der Waals surface area contributed by atoms with E-state index in [0.29, 0.717) is 29.7 Å². The van der Waals surface area contributed by atoms with Crippen LogP contribution in [0.25, 0.3) is 11.0 Å². The van der Waals surface area contributed by atoms with E-state index in [4.69, 9.17) is 0 Å². The Morgan fingerprint density at radius 3 is 2.81 bits per heavy atom. The zero-order valence-corrected chi connectivity index (χ0v) is 18.7. The molecule has 9 heteroatoms. The molecular formula is C22H32N6O3. The lowest BCUT2D eigenvalue weighted by atomic mass is 9.88. The molecule has 0 fully saturated rings. The second kappa shape index (κ2) is 9.47. The predicted molar refractivity (Wildman–Crippen MR) is 121 cm³/mol. The molecule has 0 radical (unpaired) electrons. The molecule has 0 aliphatic carbocycles. The van der Waals surface area contributed by atoms with Crippen LogP contribution in [0.1, 0.15) is 63.2 Å². The van der Waals surface area contributed by atoms with Crippen molar-refractivity contribution in [2.24, 2.45) is 4.99 Å². The number of amides is 2. The third kappa shape index (κ3) is 5.22. The van der Waals surface area contributed by atoms with E-state index in [1.807, 2.05) is 19.9 Å². The number of likely N-dealkylation sites (N-methyl/N-ethyl adjacent to an activating group) is 1. The standard InChI is InChI=1S/C22H32N6O3/c1-5-9-22(31,6-2)10-7-14(3)25-18-15-8-11-23-19(15)24-12-16(18)20(30)27-21-26-17(29)13-28(21)4/h8,11-12,14,31H,5-7,9-10,13H2,1-4H3,(H2,23,24,25)(H,26,27,29,30)/t14-,22-/m0/s1. The number of hydrogen-bond donors (Lipinski definition) is 4. The summed E-state index contributed by atoms with van der Waals surface area (Å²) in [5, 5.41) is 17.7. The molecule has 0 saturated heterocycles. The summed E-state index contributed by atoms with van der Waals surface area (Å²) in [6, 6.07) is 1.89. The van der Waals surface area contributed by atoms with Crippen molar-refractivity contribution in [2.75, 3.05) is 18.9 Å². The van der Waals surface area contributed by atoms with Gasteiger partial charge in [0.25, 0.3) is 11.8 Å². The Labute approximate surface area is 182 Å². The van der Waals surface area contributed by atoms with E-state index in [2.05, 4.69) is 32.5 Å². The van der Waals surface area contributed by atoms with Gasteiger partial charge in [0.1, 0.15) is 12.2 Å². The molecule has 2 amide bonds. The number of nitrogens with one attached hydrogen (secondary N) is 3. The highest BCUT2D eigenvalue weighted by atomic mass is 16.3. The van der Waals surface area contributed by atoms with Gasteiger partial charge in [-0.3, -0.25) is 14.9 Å². The van der Waals surface area contributed by atoms with Crippen LogP contribution in [-0.4, -0.2) is 63.0 Å². The van der Waals surface area contributed by atoms with Crippen molar-refractivity contribution in [1.82, 2.24) is 20.2 Å². The summed E-state index contributed by atoms with van der Waals surface area (Å²) in [5.41, 5.74) is 1.05. The Kier molecular flexibility index (Phi) is 6.94. The number of hydrogen-bond acceptors (Lipinski definition) is 6. The van der Waals surface area contributed by atoms with Gasteiger partial charge < -0.3 is 20.3 Å². The fraction of sp³-hybridized carbons (Fsp3) is 0.545. The maximum absolute atomic E-state index is 13.0. The summed E-state index contributed by atoms with van der Waals surface area (Å²) in [6.45, 7) is 6.27. The number of carbonyl (C=O) groups excluding carboxylic acids is 2. The molecular weight excluding hydrogens is 396 g/mol. The molecule has 0 saturated carbocycles. The molecule has 3 rings (SSSR count). The maximum Gasteiger partial charge on any atom is 0.268 e. The quantitative estimate of drug-likeness (QED) is 0.487. The van der Waals surface area contributed by atoms with Gasteiger partial charge in [-0.25, -0.2) is 4.98 Å². The van der Waals surface area contributed by atoms with Gasteiger partial charge >= 0.3 is 0 Å². The number of aliphatic hydroxyl groups is 1. The molecule has 1 aliphatic rings. The van der Waals surface area contributed by atoms with Crippen LogP contribution in [0.4, 0.5) is 5.69 Å². The lowest BCUT2D eigenvalue weighted by molar-refractivity contribution is -0.116. The van der Waals surface area contributed by atoms with Gasteiger partial charge in [0.15, 0.2) is 0 Å². The summed E-state index contributed by atoms with van der Waals surface area (Å²) in [5.74, 6) is -0.447. The fourth-order valence-electron chi connectivity index (χ4n) is 3.89. The minimum Gasteiger partial charge on any atom is -0.390 e. The van der Waals surface area contributed by atoms with Gasteiger partial charge in [-0.15, -0.1) is 0 Å². The van der Waals surface area contributed by atoms with Crippen LogP contribution in [-0.2, 0) is 4.79 Å². The highest BCUT2D eigenvalue weighted by molar-refractivity contribution is 6.14. The van der Waals surface area contributed by atoms with Crippen LogP contribution in [0.2, 0.25) is 0 Å². The van der Waals surface area contributed by atoms with Gasteiger partial charge in [-0.2, -0.15) is 4.99 Å². The van der Waals surface area contributed by atoms with Crippen LogP contribution in [0, 0.1) is 0 Å². The van der Waals surface area contributed by atoms with Crippen molar-refractivity contribution in [2.45, 2.75) is 64.5 Å². The molecule has 2 aromatic heterocycles. The van der Waals surface area contributed by atoms with Crippen LogP contribution in [0.15, 0.2) is 23.5 Å². The molecule has 0 bridgehead atoms. The molecule has 9 nitrogen and oxygen atoms in total. The first-order valence-corrected chi connectivity index (χ1v) is 10.8. The highest BCUT2D eigenvalue weighted by Crippen LogP contribution is 2.29. The van der Waals surface area contributed by atoms with Gasteiger partial charge in [0, 0.05) is 30.9 Å². The number of pyridine rings is 1. The van der Waals surface area contributed by atoms with E-state index in [-0.39, 0.29) is 30.4 Å². The Balaban J connectivity index is 1.80. The smallest absolute Gasteiger partial charge is 0.268 e. The highest BCUT2D eigenvalue weighted by Gasteiger charge is 2.26. The maximum atomic E-state index is 13.0. The SMILES string of the molecule is CCC[C@@](O)(CC)CC[C@H](C)Nc1c(C(=O)NC2=NC(=O)CN2C)cnc2[nH]ccc12. The molecule has 168 valence electrons. The number of carbonyl (C=O) groups is 2. The molecule has 0 unspecified atom stereocenters. The predicted octanol–water partition coefficient (Wildman–Crippen LogP) is 2.64. The zero-order chi connectivity index (χ0) is 22.6. The van der Waals surface area contributed by atoms with Gasteiger partial charge in [-0.1, -0.05) is 20.3 Å². The Morgan fingerprint density at radius 2 is 2.16 bits per heavy atom. The molecule has 31 heavy (non-hydrogen) atoms. The molecule has 4 N–H and O–H groups in total. The second-order valence-corrected chi connectivity index (χ2v) is 8.34. The number of guanidine groups is 1. The van der Waals surface area contributed by atoms with Crippen molar-refractivity contribution >= 4 is 34.5 Å². The second-order valence-electron chi connectivity index (χ2n) is 8.34. The third-order valence-electron chi connectivity index (χ3n) is 5.83. The number of aromatic amines is 1. The van der Waals surface area contributed by atoms with Crippen LogP contribution in [0.5, 0.6) is 0 Å². The molecule has 1 aliphatic heterocycles. The van der Waals surface area contributed by atoms with Crippen molar-refractivity contribution in [3.63, 3.8) is 0 Å². The van der Waals surface area contributed by atoms with Crippen molar-refractivity contribution in [1.29, 1.82) is 0 Å². The minimum absolute atomic E-state index is 0.0232. The number of rotatable bonds is 9. The third-order valence-corrected chi connectivity index (χ3v) is 5.83.